The van der Waals surface area contributed by atoms with Gasteiger partial charge in [-0.05, 0) is 25.2 Å². The third-order valence-corrected chi connectivity index (χ3v) is 3.69. The third-order valence-electron chi connectivity index (χ3n) is 2.95. The summed E-state index contributed by atoms with van der Waals surface area (Å²) in [6, 6.07) is 4.99. The lowest BCUT2D eigenvalue weighted by Crippen LogP contribution is -2.30. The van der Waals surface area contributed by atoms with Crippen molar-refractivity contribution >= 4 is 34.8 Å². The molecule has 0 aliphatic carbocycles. The average molecular weight is 327 g/mol. The molecule has 0 radical (unpaired) electrons. The van der Waals surface area contributed by atoms with Gasteiger partial charge in [0.1, 0.15) is 5.82 Å². The zero-order valence-corrected chi connectivity index (χ0v) is 13.3. The van der Waals surface area contributed by atoms with Gasteiger partial charge in [0.2, 0.25) is 5.91 Å². The fraction of sp³-hybridized carbons (Fsp3) is 0.286. The Bertz CT molecular complexity index is 642. The minimum atomic E-state index is -0.120. The van der Waals surface area contributed by atoms with Crippen molar-refractivity contribution in [2.75, 3.05) is 18.9 Å². The number of aryl methyl sites for hydroxylation is 1. The van der Waals surface area contributed by atoms with Gasteiger partial charge in [0.25, 0.3) is 0 Å². The van der Waals surface area contributed by atoms with Crippen molar-refractivity contribution in [2.45, 2.75) is 6.54 Å². The van der Waals surface area contributed by atoms with Crippen LogP contribution in [0.25, 0.3) is 0 Å². The maximum Gasteiger partial charge on any atom is 0.238 e. The van der Waals surface area contributed by atoms with Gasteiger partial charge in [-0.25, -0.2) is 4.98 Å². The smallest absolute Gasteiger partial charge is 0.238 e. The molecule has 0 unspecified atom stereocenters. The summed E-state index contributed by atoms with van der Waals surface area (Å²) in [6.07, 6.45) is 3.61. The van der Waals surface area contributed by atoms with Gasteiger partial charge in [0.15, 0.2) is 0 Å². The zero-order valence-electron chi connectivity index (χ0n) is 11.8. The number of amides is 1. The normalized spacial score (nSPS) is 10.9. The highest BCUT2D eigenvalue weighted by Crippen LogP contribution is 2.24. The Balaban J connectivity index is 1.89. The van der Waals surface area contributed by atoms with Gasteiger partial charge in [-0.15, -0.1) is 0 Å². The first-order valence-electron chi connectivity index (χ1n) is 6.35. The molecule has 0 saturated heterocycles. The molecule has 1 N–H and O–H groups in total. The Labute approximate surface area is 133 Å². The summed E-state index contributed by atoms with van der Waals surface area (Å²) in [5.74, 6) is 0.782. The van der Waals surface area contributed by atoms with Crippen LogP contribution in [0.4, 0.5) is 5.69 Å². The minimum absolute atomic E-state index is 0.120. The van der Waals surface area contributed by atoms with E-state index in [0.717, 1.165) is 5.82 Å². The summed E-state index contributed by atoms with van der Waals surface area (Å²) in [5, 5.41) is 3.66. The number of imidazole rings is 1. The van der Waals surface area contributed by atoms with Crippen molar-refractivity contribution in [1.29, 1.82) is 0 Å². The summed E-state index contributed by atoms with van der Waals surface area (Å²) >= 11 is 11.7. The van der Waals surface area contributed by atoms with Crippen LogP contribution in [0.15, 0.2) is 30.6 Å². The zero-order chi connectivity index (χ0) is 15.4. The van der Waals surface area contributed by atoms with E-state index in [-0.39, 0.29) is 12.5 Å². The van der Waals surface area contributed by atoms with Gasteiger partial charge < -0.3 is 9.88 Å². The molecule has 0 atom stereocenters. The molecule has 1 amide bonds. The molecule has 0 aliphatic rings. The first-order chi connectivity index (χ1) is 9.95. The maximum absolute atomic E-state index is 12.0. The topological polar surface area (TPSA) is 50.2 Å². The Morgan fingerprint density at radius 1 is 1.38 bits per heavy atom. The number of carbonyl (C=O) groups excluding carboxylic acids is 1. The summed E-state index contributed by atoms with van der Waals surface area (Å²) in [4.78, 5) is 18.1. The summed E-state index contributed by atoms with van der Waals surface area (Å²) in [5.41, 5.74) is 0.625. The highest BCUT2D eigenvalue weighted by atomic mass is 35.5. The number of aromatic nitrogens is 2. The lowest BCUT2D eigenvalue weighted by atomic mass is 10.3. The monoisotopic (exact) mass is 326 g/mol. The second-order valence-corrected chi connectivity index (χ2v) is 5.62. The minimum Gasteiger partial charge on any atom is -0.337 e. The van der Waals surface area contributed by atoms with Gasteiger partial charge in [-0.3, -0.25) is 9.69 Å². The summed E-state index contributed by atoms with van der Waals surface area (Å²) < 4.78 is 1.92. The van der Waals surface area contributed by atoms with E-state index < -0.39 is 0 Å². The van der Waals surface area contributed by atoms with Crippen LogP contribution in [0.3, 0.4) is 0 Å². The predicted molar refractivity (Wildman–Crippen MR) is 84.6 cm³/mol. The molecule has 7 heteroatoms. The molecule has 21 heavy (non-hydrogen) atoms. The van der Waals surface area contributed by atoms with E-state index in [4.69, 9.17) is 23.2 Å². The fourth-order valence-corrected chi connectivity index (χ4v) is 2.16. The number of nitrogens with one attached hydrogen (secondary N) is 1. The van der Waals surface area contributed by atoms with E-state index in [1.807, 2.05) is 29.8 Å². The van der Waals surface area contributed by atoms with E-state index in [2.05, 4.69) is 10.3 Å². The molecular formula is C14H16Cl2N4O. The van der Waals surface area contributed by atoms with Crippen LogP contribution >= 0.6 is 23.2 Å². The summed E-state index contributed by atoms with van der Waals surface area (Å²) in [7, 11) is 3.79. The third kappa shape index (κ3) is 4.46. The van der Waals surface area contributed by atoms with Crippen LogP contribution in [0.5, 0.6) is 0 Å². The molecule has 112 valence electrons. The molecular weight excluding hydrogens is 311 g/mol. The lowest BCUT2D eigenvalue weighted by Gasteiger charge is -2.16. The van der Waals surface area contributed by atoms with Crippen molar-refractivity contribution in [3.8, 4) is 0 Å². The second-order valence-electron chi connectivity index (χ2n) is 4.80. The number of rotatable bonds is 5. The van der Waals surface area contributed by atoms with Crippen molar-refractivity contribution < 1.29 is 4.79 Å². The number of likely N-dealkylation sites (N-methyl/N-ethyl adjacent to an activating group) is 1. The molecule has 0 spiro atoms. The predicted octanol–water partition coefficient (Wildman–Crippen LogP) is 2.80. The number of hydrogen-bond donors (Lipinski definition) is 1. The Morgan fingerprint density at radius 3 is 2.76 bits per heavy atom. The molecule has 1 heterocycles. The molecule has 2 rings (SSSR count). The van der Waals surface area contributed by atoms with E-state index in [9.17, 15) is 4.79 Å². The average Bonchev–Trinajstić information content (AvgIpc) is 2.79. The number of benzene rings is 1. The Kier molecular flexibility index (Phi) is 5.22. The fourth-order valence-electron chi connectivity index (χ4n) is 1.87. The highest BCUT2D eigenvalue weighted by Gasteiger charge is 2.10. The highest BCUT2D eigenvalue weighted by molar-refractivity contribution is 6.42. The molecule has 1 aromatic carbocycles. The number of anilines is 1. The van der Waals surface area contributed by atoms with E-state index in [1.54, 1.807) is 24.4 Å². The molecule has 5 nitrogen and oxygen atoms in total. The number of nitrogens with zero attached hydrogens (tertiary/aromatic N) is 3. The van der Waals surface area contributed by atoms with Gasteiger partial charge in [0.05, 0.1) is 23.1 Å². The molecule has 0 saturated carbocycles. The molecule has 1 aromatic heterocycles. The lowest BCUT2D eigenvalue weighted by molar-refractivity contribution is -0.117. The van der Waals surface area contributed by atoms with Crippen molar-refractivity contribution in [1.82, 2.24) is 14.5 Å². The maximum atomic E-state index is 12.0. The van der Waals surface area contributed by atoms with E-state index >= 15 is 0 Å². The second kappa shape index (κ2) is 6.93. The van der Waals surface area contributed by atoms with Crippen molar-refractivity contribution in [3.63, 3.8) is 0 Å². The van der Waals surface area contributed by atoms with Crippen LogP contribution in [0, 0.1) is 0 Å². The molecule has 2 aromatic rings. The van der Waals surface area contributed by atoms with Crippen molar-refractivity contribution in [3.05, 3.63) is 46.5 Å². The number of halogens is 2. The molecule has 0 bridgehead atoms. The first-order valence-corrected chi connectivity index (χ1v) is 7.11. The number of carbonyl (C=O) groups is 1. The van der Waals surface area contributed by atoms with Gasteiger partial charge >= 0.3 is 0 Å². The quantitative estimate of drug-likeness (QED) is 0.919. The SMILES string of the molecule is CN(CC(=O)Nc1ccc(Cl)c(Cl)c1)Cc1nccn1C. The van der Waals surface area contributed by atoms with Crippen molar-refractivity contribution in [2.24, 2.45) is 7.05 Å². The van der Waals surface area contributed by atoms with E-state index in [1.165, 1.54) is 0 Å². The molecule has 0 fully saturated rings. The van der Waals surface area contributed by atoms with Crippen LogP contribution < -0.4 is 5.32 Å². The van der Waals surface area contributed by atoms with Gasteiger partial charge in [-0.1, -0.05) is 23.2 Å². The van der Waals surface area contributed by atoms with E-state index in [0.29, 0.717) is 22.3 Å². The largest absolute Gasteiger partial charge is 0.337 e. The summed E-state index contributed by atoms with van der Waals surface area (Å²) in [6.45, 7) is 0.853. The van der Waals surface area contributed by atoms with Crippen LogP contribution in [0.1, 0.15) is 5.82 Å². The van der Waals surface area contributed by atoms with Crippen LogP contribution in [-0.4, -0.2) is 34.0 Å². The number of hydrogen-bond acceptors (Lipinski definition) is 3. The standard InChI is InChI=1S/C14H16Cl2N4O/c1-19(8-13-17-5-6-20(13)2)9-14(21)18-10-3-4-11(15)12(16)7-10/h3-7H,8-9H2,1-2H3,(H,18,21). The Hall–Kier alpha value is -1.56. The van der Waals surface area contributed by atoms with Gasteiger partial charge in [0, 0.05) is 25.1 Å². The van der Waals surface area contributed by atoms with Gasteiger partial charge in [-0.2, -0.15) is 0 Å². The Morgan fingerprint density at radius 2 is 2.14 bits per heavy atom. The first kappa shape index (κ1) is 15.8. The van der Waals surface area contributed by atoms with Crippen LogP contribution in [0.2, 0.25) is 10.0 Å². The van der Waals surface area contributed by atoms with Crippen LogP contribution in [-0.2, 0) is 18.4 Å². The molecule has 0 aliphatic heterocycles.